The summed E-state index contributed by atoms with van der Waals surface area (Å²) in [5.41, 5.74) is 0. The molecule has 84 valence electrons. The zero-order chi connectivity index (χ0) is 10.6. The van der Waals surface area contributed by atoms with Gasteiger partial charge in [0.2, 0.25) is 10.0 Å². The Morgan fingerprint density at radius 3 is 2.36 bits per heavy atom. The molecule has 4 heteroatoms. The Balaban J connectivity index is 2.44. The van der Waals surface area contributed by atoms with Gasteiger partial charge in [-0.15, -0.1) is 0 Å². The second-order valence-electron chi connectivity index (χ2n) is 4.21. The Morgan fingerprint density at radius 1 is 1.29 bits per heavy atom. The Bertz CT molecular complexity index is 255. The van der Waals surface area contributed by atoms with Crippen molar-refractivity contribution >= 4 is 10.0 Å². The molecule has 1 atom stereocenters. The summed E-state index contributed by atoms with van der Waals surface area (Å²) in [4.78, 5) is 0. The van der Waals surface area contributed by atoms with Gasteiger partial charge >= 0.3 is 0 Å². The number of sulfonamides is 1. The largest absolute Gasteiger partial charge is 0.212 e. The molecule has 1 aliphatic carbocycles. The van der Waals surface area contributed by atoms with E-state index in [9.17, 15) is 8.42 Å². The summed E-state index contributed by atoms with van der Waals surface area (Å²) >= 11 is 0. The maximum Gasteiger partial charge on any atom is 0.211 e. The molecule has 1 fully saturated rings. The molecule has 0 saturated heterocycles. The summed E-state index contributed by atoms with van der Waals surface area (Å²) in [6.45, 7) is 3.67. The van der Waals surface area contributed by atoms with Gasteiger partial charge in [-0.05, 0) is 32.6 Å². The summed E-state index contributed by atoms with van der Waals surface area (Å²) in [5.74, 6) is 0.731. The van der Waals surface area contributed by atoms with Crippen molar-refractivity contribution in [2.75, 3.05) is 5.75 Å². The second-order valence-corrected chi connectivity index (χ2v) is 6.25. The lowest BCUT2D eigenvalue weighted by Gasteiger charge is -2.27. The van der Waals surface area contributed by atoms with Gasteiger partial charge in [0, 0.05) is 6.04 Å². The highest BCUT2D eigenvalue weighted by Crippen LogP contribution is 2.26. The third kappa shape index (κ3) is 3.58. The smallest absolute Gasteiger partial charge is 0.211 e. The van der Waals surface area contributed by atoms with E-state index >= 15 is 0 Å². The Morgan fingerprint density at radius 2 is 1.86 bits per heavy atom. The average molecular weight is 219 g/mol. The van der Waals surface area contributed by atoms with Crippen LogP contribution in [0.5, 0.6) is 0 Å². The van der Waals surface area contributed by atoms with Crippen LogP contribution in [0.3, 0.4) is 0 Å². The molecule has 1 saturated carbocycles. The summed E-state index contributed by atoms with van der Waals surface area (Å²) in [6, 6.07) is 0.111. The molecule has 1 N–H and O–H groups in total. The van der Waals surface area contributed by atoms with Gasteiger partial charge in [-0.25, -0.2) is 13.1 Å². The SMILES string of the molecule is CCS(=O)(=O)N[C@H](C)C1CCCCC1. The Kier molecular flexibility index (Phi) is 4.38. The first-order chi connectivity index (χ1) is 6.55. The van der Waals surface area contributed by atoms with Crippen molar-refractivity contribution in [2.24, 2.45) is 5.92 Å². The predicted molar refractivity (Wildman–Crippen MR) is 58.6 cm³/mol. The Hall–Kier alpha value is -0.0900. The Labute approximate surface area is 87.3 Å². The predicted octanol–water partition coefficient (Wildman–Crippen LogP) is 1.89. The van der Waals surface area contributed by atoms with Crippen LogP contribution in [0.2, 0.25) is 0 Å². The van der Waals surface area contributed by atoms with Gasteiger partial charge in [0.1, 0.15) is 0 Å². The molecule has 0 aromatic carbocycles. The van der Waals surface area contributed by atoms with Crippen molar-refractivity contribution in [2.45, 2.75) is 52.0 Å². The molecule has 0 aliphatic heterocycles. The molecule has 14 heavy (non-hydrogen) atoms. The van der Waals surface area contributed by atoms with E-state index in [2.05, 4.69) is 4.72 Å². The van der Waals surface area contributed by atoms with E-state index in [-0.39, 0.29) is 11.8 Å². The zero-order valence-electron chi connectivity index (χ0n) is 9.12. The molecule has 0 radical (unpaired) electrons. The first kappa shape index (κ1) is 12.0. The molecule has 1 aliphatic rings. The maximum atomic E-state index is 11.3. The topological polar surface area (TPSA) is 46.2 Å². The molecule has 0 unspecified atom stereocenters. The third-order valence-electron chi connectivity index (χ3n) is 3.10. The lowest BCUT2D eigenvalue weighted by Crippen LogP contribution is -2.39. The number of hydrogen-bond donors (Lipinski definition) is 1. The van der Waals surface area contributed by atoms with Crippen LogP contribution in [0.15, 0.2) is 0 Å². The lowest BCUT2D eigenvalue weighted by atomic mass is 9.85. The van der Waals surface area contributed by atoms with Crippen molar-refractivity contribution in [1.82, 2.24) is 4.72 Å². The highest BCUT2D eigenvalue weighted by atomic mass is 32.2. The fourth-order valence-corrected chi connectivity index (χ4v) is 3.02. The van der Waals surface area contributed by atoms with Crippen molar-refractivity contribution in [3.63, 3.8) is 0 Å². The van der Waals surface area contributed by atoms with Crippen LogP contribution in [-0.4, -0.2) is 20.2 Å². The van der Waals surface area contributed by atoms with E-state index in [4.69, 9.17) is 0 Å². The van der Waals surface area contributed by atoms with Gasteiger partial charge in [0.15, 0.2) is 0 Å². The van der Waals surface area contributed by atoms with Crippen LogP contribution in [0.1, 0.15) is 46.0 Å². The number of nitrogens with one attached hydrogen (secondary N) is 1. The van der Waals surface area contributed by atoms with Crippen molar-refractivity contribution in [3.8, 4) is 0 Å². The summed E-state index contributed by atoms with van der Waals surface area (Å²) in [7, 11) is -3.02. The monoisotopic (exact) mass is 219 g/mol. The molecule has 0 bridgehead atoms. The van der Waals surface area contributed by atoms with Crippen molar-refractivity contribution < 1.29 is 8.42 Å². The molecule has 0 aromatic heterocycles. The van der Waals surface area contributed by atoms with E-state index in [1.807, 2.05) is 6.92 Å². The number of rotatable bonds is 4. The van der Waals surface area contributed by atoms with Gasteiger partial charge in [-0.1, -0.05) is 19.3 Å². The van der Waals surface area contributed by atoms with E-state index in [0.29, 0.717) is 5.92 Å². The first-order valence-corrected chi connectivity index (χ1v) is 7.20. The fraction of sp³-hybridized carbons (Fsp3) is 1.00. The quantitative estimate of drug-likeness (QED) is 0.785. The number of hydrogen-bond acceptors (Lipinski definition) is 2. The van der Waals surface area contributed by atoms with Crippen LogP contribution in [0.4, 0.5) is 0 Å². The minimum absolute atomic E-state index is 0.111. The molecule has 0 spiro atoms. The zero-order valence-corrected chi connectivity index (χ0v) is 9.94. The minimum Gasteiger partial charge on any atom is -0.212 e. The van der Waals surface area contributed by atoms with Crippen LogP contribution in [0.25, 0.3) is 0 Å². The normalized spacial score (nSPS) is 22.1. The summed E-state index contributed by atoms with van der Waals surface area (Å²) in [5, 5.41) is 0. The van der Waals surface area contributed by atoms with Gasteiger partial charge in [-0.2, -0.15) is 0 Å². The second kappa shape index (κ2) is 5.12. The molecule has 3 nitrogen and oxygen atoms in total. The van der Waals surface area contributed by atoms with Crippen LogP contribution in [-0.2, 0) is 10.0 Å². The van der Waals surface area contributed by atoms with Crippen LogP contribution < -0.4 is 4.72 Å². The first-order valence-electron chi connectivity index (χ1n) is 5.55. The highest BCUT2D eigenvalue weighted by Gasteiger charge is 2.22. The van der Waals surface area contributed by atoms with E-state index in [0.717, 1.165) is 0 Å². The van der Waals surface area contributed by atoms with E-state index < -0.39 is 10.0 Å². The molecular weight excluding hydrogens is 198 g/mol. The molecular formula is C10H21NO2S. The van der Waals surface area contributed by atoms with E-state index in [1.54, 1.807) is 6.92 Å². The third-order valence-corrected chi connectivity index (χ3v) is 4.59. The average Bonchev–Trinajstić information content (AvgIpc) is 2.19. The fourth-order valence-electron chi connectivity index (χ4n) is 2.10. The van der Waals surface area contributed by atoms with Gasteiger partial charge < -0.3 is 0 Å². The minimum atomic E-state index is -3.02. The molecule has 1 rings (SSSR count). The van der Waals surface area contributed by atoms with Crippen molar-refractivity contribution in [1.29, 1.82) is 0 Å². The van der Waals surface area contributed by atoms with Crippen LogP contribution >= 0.6 is 0 Å². The van der Waals surface area contributed by atoms with E-state index in [1.165, 1.54) is 32.1 Å². The van der Waals surface area contributed by atoms with Gasteiger partial charge in [-0.3, -0.25) is 0 Å². The summed E-state index contributed by atoms with van der Waals surface area (Å²) < 4.78 is 25.4. The van der Waals surface area contributed by atoms with Crippen LogP contribution in [0, 0.1) is 5.92 Å². The van der Waals surface area contributed by atoms with Gasteiger partial charge in [0.05, 0.1) is 5.75 Å². The highest BCUT2D eigenvalue weighted by molar-refractivity contribution is 7.89. The van der Waals surface area contributed by atoms with Crippen molar-refractivity contribution in [3.05, 3.63) is 0 Å². The molecule has 0 heterocycles. The lowest BCUT2D eigenvalue weighted by molar-refractivity contribution is 0.303. The van der Waals surface area contributed by atoms with Gasteiger partial charge in [0.25, 0.3) is 0 Å². The molecule has 0 aromatic rings. The molecule has 0 amide bonds. The summed E-state index contributed by atoms with van der Waals surface area (Å²) in [6.07, 6.45) is 6.16. The standard InChI is InChI=1S/C10H21NO2S/c1-3-14(12,13)11-9(2)10-7-5-4-6-8-10/h9-11H,3-8H2,1-2H3/t9-/m1/s1. The maximum absolute atomic E-state index is 11.3.